The summed E-state index contributed by atoms with van der Waals surface area (Å²) < 4.78 is 11.0. The molecule has 1 aromatic heterocycles. The third kappa shape index (κ3) is 2.08. The highest BCUT2D eigenvalue weighted by molar-refractivity contribution is 5.95. The van der Waals surface area contributed by atoms with Crippen molar-refractivity contribution in [3.8, 4) is 11.5 Å². The molecule has 3 heterocycles. The molecule has 5 heteroatoms. The normalized spacial score (nSPS) is 20.4. The van der Waals surface area contributed by atoms with E-state index in [4.69, 9.17) is 9.47 Å². The van der Waals surface area contributed by atoms with Gasteiger partial charge in [-0.15, -0.1) is 0 Å². The van der Waals surface area contributed by atoms with Crippen molar-refractivity contribution in [3.63, 3.8) is 0 Å². The predicted molar refractivity (Wildman–Crippen MR) is 82.2 cm³/mol. The lowest BCUT2D eigenvalue weighted by Gasteiger charge is -2.26. The Morgan fingerprint density at radius 2 is 2.19 bits per heavy atom. The molecule has 21 heavy (non-hydrogen) atoms. The SMILES string of the molecule is CNCC1CCCN1c1nccc2cc3c(cc12)OCO3. The minimum atomic E-state index is 0.306. The maximum Gasteiger partial charge on any atom is 0.231 e. The molecule has 0 bridgehead atoms. The van der Waals surface area contributed by atoms with E-state index in [0.717, 1.165) is 41.2 Å². The van der Waals surface area contributed by atoms with E-state index in [-0.39, 0.29) is 0 Å². The van der Waals surface area contributed by atoms with Gasteiger partial charge >= 0.3 is 0 Å². The Hall–Kier alpha value is -2.01. The van der Waals surface area contributed by atoms with Crippen LogP contribution in [0.1, 0.15) is 12.8 Å². The van der Waals surface area contributed by atoms with Crippen molar-refractivity contribution >= 4 is 16.6 Å². The molecule has 1 unspecified atom stereocenters. The van der Waals surface area contributed by atoms with Gasteiger partial charge in [-0.1, -0.05) is 0 Å². The Morgan fingerprint density at radius 3 is 3.05 bits per heavy atom. The molecule has 2 aliphatic heterocycles. The maximum absolute atomic E-state index is 5.52. The van der Waals surface area contributed by atoms with Crippen molar-refractivity contribution in [1.29, 1.82) is 0 Å². The number of likely N-dealkylation sites (N-methyl/N-ethyl adjacent to an activating group) is 1. The maximum atomic E-state index is 5.52. The molecule has 0 saturated carbocycles. The van der Waals surface area contributed by atoms with Crippen molar-refractivity contribution in [2.24, 2.45) is 0 Å². The Balaban J connectivity index is 1.81. The molecule has 4 rings (SSSR count). The largest absolute Gasteiger partial charge is 0.454 e. The second-order valence-electron chi connectivity index (χ2n) is 5.61. The molecule has 1 fully saturated rings. The van der Waals surface area contributed by atoms with Crippen LogP contribution in [-0.4, -0.2) is 38.0 Å². The van der Waals surface area contributed by atoms with Gasteiger partial charge in [0.1, 0.15) is 5.82 Å². The second kappa shape index (κ2) is 5.07. The quantitative estimate of drug-likeness (QED) is 0.936. The molecule has 0 amide bonds. The van der Waals surface area contributed by atoms with Crippen LogP contribution in [0.5, 0.6) is 11.5 Å². The molecule has 1 atom stereocenters. The van der Waals surface area contributed by atoms with E-state index in [0.29, 0.717) is 12.8 Å². The number of anilines is 1. The van der Waals surface area contributed by atoms with Gasteiger partial charge in [0.15, 0.2) is 11.5 Å². The monoisotopic (exact) mass is 285 g/mol. The molecule has 0 aliphatic carbocycles. The van der Waals surface area contributed by atoms with Crippen LogP contribution in [0.4, 0.5) is 5.82 Å². The van der Waals surface area contributed by atoms with Gasteiger partial charge in [0.2, 0.25) is 6.79 Å². The minimum Gasteiger partial charge on any atom is -0.454 e. The summed E-state index contributed by atoms with van der Waals surface area (Å²) >= 11 is 0. The molecule has 0 spiro atoms. The van der Waals surface area contributed by atoms with Crippen molar-refractivity contribution in [2.75, 3.05) is 31.8 Å². The van der Waals surface area contributed by atoms with E-state index < -0.39 is 0 Å². The molecule has 1 saturated heterocycles. The smallest absolute Gasteiger partial charge is 0.231 e. The van der Waals surface area contributed by atoms with Crippen LogP contribution >= 0.6 is 0 Å². The summed E-state index contributed by atoms with van der Waals surface area (Å²) in [4.78, 5) is 7.07. The summed E-state index contributed by atoms with van der Waals surface area (Å²) in [6.07, 6.45) is 4.31. The summed E-state index contributed by atoms with van der Waals surface area (Å²) in [5, 5.41) is 5.58. The zero-order valence-electron chi connectivity index (χ0n) is 12.1. The fourth-order valence-corrected chi connectivity index (χ4v) is 3.34. The summed E-state index contributed by atoms with van der Waals surface area (Å²) in [5.41, 5.74) is 0. The van der Waals surface area contributed by atoms with Crippen molar-refractivity contribution in [1.82, 2.24) is 10.3 Å². The van der Waals surface area contributed by atoms with Crippen molar-refractivity contribution < 1.29 is 9.47 Å². The Morgan fingerprint density at radius 1 is 1.33 bits per heavy atom. The van der Waals surface area contributed by atoms with E-state index in [2.05, 4.69) is 21.3 Å². The predicted octanol–water partition coefficient (Wildman–Crippen LogP) is 2.15. The number of nitrogens with one attached hydrogen (secondary N) is 1. The van der Waals surface area contributed by atoms with Gasteiger partial charge in [-0.3, -0.25) is 0 Å². The first-order chi connectivity index (χ1) is 10.4. The van der Waals surface area contributed by atoms with Crippen molar-refractivity contribution in [3.05, 3.63) is 24.4 Å². The van der Waals surface area contributed by atoms with Crippen LogP contribution in [0.25, 0.3) is 10.8 Å². The van der Waals surface area contributed by atoms with Crippen LogP contribution in [0, 0.1) is 0 Å². The van der Waals surface area contributed by atoms with Gasteiger partial charge in [0.05, 0.1) is 0 Å². The number of benzene rings is 1. The van der Waals surface area contributed by atoms with E-state index in [1.807, 2.05) is 25.4 Å². The molecule has 2 aliphatic rings. The number of aromatic nitrogens is 1. The number of fused-ring (bicyclic) bond motifs is 2. The fourth-order valence-electron chi connectivity index (χ4n) is 3.34. The first kappa shape index (κ1) is 12.7. The van der Waals surface area contributed by atoms with Gasteiger partial charge in [0.25, 0.3) is 0 Å². The lowest BCUT2D eigenvalue weighted by atomic mass is 10.1. The second-order valence-corrected chi connectivity index (χ2v) is 5.61. The first-order valence-corrected chi connectivity index (χ1v) is 7.46. The van der Waals surface area contributed by atoms with Gasteiger partial charge in [-0.05, 0) is 43.5 Å². The molecular weight excluding hydrogens is 266 g/mol. The van der Waals surface area contributed by atoms with E-state index in [9.17, 15) is 0 Å². The lowest BCUT2D eigenvalue weighted by molar-refractivity contribution is 0.174. The van der Waals surface area contributed by atoms with Crippen LogP contribution in [0.3, 0.4) is 0 Å². The van der Waals surface area contributed by atoms with E-state index >= 15 is 0 Å². The van der Waals surface area contributed by atoms with Crippen LogP contribution in [-0.2, 0) is 0 Å². The Kier molecular flexibility index (Phi) is 3.07. The molecular formula is C16H19N3O2. The molecule has 110 valence electrons. The highest BCUT2D eigenvalue weighted by Crippen LogP contribution is 2.39. The lowest BCUT2D eigenvalue weighted by Crippen LogP contribution is -2.37. The summed E-state index contributed by atoms with van der Waals surface area (Å²) in [7, 11) is 2.01. The third-order valence-corrected chi connectivity index (χ3v) is 4.33. The van der Waals surface area contributed by atoms with Gasteiger partial charge < -0.3 is 19.7 Å². The molecule has 1 aromatic carbocycles. The average Bonchev–Trinajstić information content (AvgIpc) is 3.13. The fraction of sp³-hybridized carbons (Fsp3) is 0.438. The summed E-state index contributed by atoms with van der Waals surface area (Å²) in [6.45, 7) is 2.36. The number of ether oxygens (including phenoxy) is 2. The molecule has 1 N–H and O–H groups in total. The highest BCUT2D eigenvalue weighted by Gasteiger charge is 2.27. The van der Waals surface area contributed by atoms with Gasteiger partial charge in [0, 0.05) is 30.7 Å². The highest BCUT2D eigenvalue weighted by atomic mass is 16.7. The average molecular weight is 285 g/mol. The van der Waals surface area contributed by atoms with Crippen LogP contribution < -0.4 is 19.7 Å². The topological polar surface area (TPSA) is 46.6 Å². The van der Waals surface area contributed by atoms with E-state index in [1.165, 1.54) is 12.8 Å². The number of rotatable bonds is 3. The number of hydrogen-bond donors (Lipinski definition) is 1. The van der Waals surface area contributed by atoms with E-state index in [1.54, 1.807) is 0 Å². The van der Waals surface area contributed by atoms with Gasteiger partial charge in [-0.25, -0.2) is 4.98 Å². The minimum absolute atomic E-state index is 0.306. The third-order valence-electron chi connectivity index (χ3n) is 4.33. The zero-order chi connectivity index (χ0) is 14.2. The van der Waals surface area contributed by atoms with Crippen molar-refractivity contribution in [2.45, 2.75) is 18.9 Å². The number of pyridine rings is 1. The number of nitrogens with zero attached hydrogens (tertiary/aromatic N) is 2. The zero-order valence-corrected chi connectivity index (χ0v) is 12.1. The standard InChI is InChI=1S/C16H19N3O2/c1-17-9-12-3-2-6-19(12)16-13-8-15-14(20-10-21-15)7-11(13)4-5-18-16/h4-5,7-8,12,17H,2-3,6,9-10H2,1H3. The summed E-state index contributed by atoms with van der Waals surface area (Å²) in [5.74, 6) is 2.71. The Bertz CT molecular complexity index is 674. The molecule has 2 aromatic rings. The van der Waals surface area contributed by atoms with Crippen LogP contribution in [0.2, 0.25) is 0 Å². The molecule has 5 nitrogen and oxygen atoms in total. The first-order valence-electron chi connectivity index (χ1n) is 7.46. The van der Waals surface area contributed by atoms with Gasteiger partial charge in [-0.2, -0.15) is 0 Å². The summed E-state index contributed by atoms with van der Waals surface area (Å²) in [6, 6.07) is 6.66. The molecule has 0 radical (unpaired) electrons. The van der Waals surface area contributed by atoms with Crippen LogP contribution in [0.15, 0.2) is 24.4 Å². The Labute approximate surface area is 123 Å². The number of hydrogen-bond acceptors (Lipinski definition) is 5.